The number of pyridine rings is 1. The van der Waals surface area contributed by atoms with Crippen molar-refractivity contribution >= 4 is 28.5 Å². The van der Waals surface area contributed by atoms with Crippen LogP contribution in [0.3, 0.4) is 0 Å². The molecule has 1 N–H and O–H groups in total. The molecule has 0 aliphatic carbocycles. The SMILES string of the molecule is COc1ccc(NC(=O)C(c2cc(OC)c(OC)c(OC)c2)N(Cc2cccnc2)C(=O)Cn2nnc3ccccc32)cc1. The van der Waals surface area contributed by atoms with Crippen molar-refractivity contribution in [1.29, 1.82) is 0 Å². The lowest BCUT2D eigenvalue weighted by atomic mass is 10.0. The summed E-state index contributed by atoms with van der Waals surface area (Å²) in [4.78, 5) is 34.2. The molecule has 0 saturated heterocycles. The average molecular weight is 597 g/mol. The molecule has 2 amide bonds. The van der Waals surface area contributed by atoms with Gasteiger partial charge in [-0.25, -0.2) is 4.68 Å². The maximum atomic E-state index is 14.3. The molecule has 1 unspecified atom stereocenters. The van der Waals surface area contributed by atoms with E-state index in [9.17, 15) is 9.59 Å². The minimum atomic E-state index is -1.15. The van der Waals surface area contributed by atoms with E-state index >= 15 is 0 Å². The van der Waals surface area contributed by atoms with Gasteiger partial charge in [0.25, 0.3) is 5.91 Å². The highest BCUT2D eigenvalue weighted by atomic mass is 16.5. The number of aromatic nitrogens is 4. The molecule has 0 saturated carbocycles. The summed E-state index contributed by atoms with van der Waals surface area (Å²) in [7, 11) is 6.03. The summed E-state index contributed by atoms with van der Waals surface area (Å²) in [6, 6.07) is 20.0. The van der Waals surface area contributed by atoms with Gasteiger partial charge in [0.2, 0.25) is 11.7 Å². The Hall–Kier alpha value is -5.65. The van der Waals surface area contributed by atoms with Crippen LogP contribution in [0.4, 0.5) is 5.69 Å². The average Bonchev–Trinajstić information content (AvgIpc) is 3.47. The lowest BCUT2D eigenvalue weighted by Gasteiger charge is -2.32. The molecule has 5 rings (SSSR count). The molecular formula is C32H32N6O6. The third-order valence-corrected chi connectivity index (χ3v) is 7.02. The number of carbonyl (C=O) groups excluding carboxylic acids is 2. The first-order valence-electron chi connectivity index (χ1n) is 13.7. The molecule has 226 valence electrons. The fraction of sp³-hybridized carbons (Fsp3) is 0.219. The number of fused-ring (bicyclic) bond motifs is 1. The van der Waals surface area contributed by atoms with E-state index in [2.05, 4.69) is 20.6 Å². The topological polar surface area (TPSA) is 130 Å². The zero-order chi connectivity index (χ0) is 31.1. The number of ether oxygens (including phenoxy) is 4. The molecular weight excluding hydrogens is 564 g/mol. The molecule has 0 aliphatic rings. The standard InChI is InChI=1S/C32H32N6O6/c1-41-24-13-11-23(12-14-24)34-32(40)30(22-16-27(42-2)31(44-4)28(17-22)43-3)37(19-21-8-7-15-33-18-21)29(39)20-38-26-10-6-5-9-25(26)35-36-38/h5-18,30H,19-20H2,1-4H3,(H,34,40). The lowest BCUT2D eigenvalue weighted by Crippen LogP contribution is -2.42. The van der Waals surface area contributed by atoms with Gasteiger partial charge in [0.05, 0.1) is 34.0 Å². The summed E-state index contributed by atoms with van der Waals surface area (Å²) < 4.78 is 23.5. The van der Waals surface area contributed by atoms with Crippen LogP contribution < -0.4 is 24.3 Å². The van der Waals surface area contributed by atoms with Crippen LogP contribution in [-0.2, 0) is 22.7 Å². The monoisotopic (exact) mass is 596 g/mol. The number of hydrogen-bond acceptors (Lipinski definition) is 9. The first-order chi connectivity index (χ1) is 21.4. The number of hydrogen-bond donors (Lipinski definition) is 1. The molecule has 0 aliphatic heterocycles. The third kappa shape index (κ3) is 6.38. The van der Waals surface area contributed by atoms with Crippen molar-refractivity contribution in [1.82, 2.24) is 24.9 Å². The molecule has 3 aromatic carbocycles. The third-order valence-electron chi connectivity index (χ3n) is 7.02. The number of carbonyl (C=O) groups is 2. The van der Waals surface area contributed by atoms with Gasteiger partial charge in [-0.15, -0.1) is 5.10 Å². The van der Waals surface area contributed by atoms with Gasteiger partial charge in [-0.05, 0) is 65.7 Å². The normalized spacial score (nSPS) is 11.5. The Morgan fingerprint density at radius 2 is 1.61 bits per heavy atom. The second kappa shape index (κ2) is 13.6. The Labute approximate surface area is 254 Å². The number of nitrogens with one attached hydrogen (secondary N) is 1. The Morgan fingerprint density at radius 1 is 0.886 bits per heavy atom. The van der Waals surface area contributed by atoms with E-state index in [0.29, 0.717) is 45.3 Å². The van der Waals surface area contributed by atoms with Gasteiger partial charge in [-0.1, -0.05) is 23.4 Å². The van der Waals surface area contributed by atoms with Crippen LogP contribution in [0.2, 0.25) is 0 Å². The van der Waals surface area contributed by atoms with Gasteiger partial charge in [0, 0.05) is 24.6 Å². The first-order valence-corrected chi connectivity index (χ1v) is 13.7. The summed E-state index contributed by atoms with van der Waals surface area (Å²) in [6.07, 6.45) is 3.29. The molecule has 1 atom stereocenters. The van der Waals surface area contributed by atoms with Crippen molar-refractivity contribution in [3.63, 3.8) is 0 Å². The number of nitrogens with zero attached hydrogens (tertiary/aromatic N) is 5. The number of anilines is 1. The van der Waals surface area contributed by atoms with E-state index in [1.165, 1.54) is 30.9 Å². The highest BCUT2D eigenvalue weighted by Gasteiger charge is 2.34. The summed E-state index contributed by atoms with van der Waals surface area (Å²) in [5, 5.41) is 11.3. The van der Waals surface area contributed by atoms with Crippen molar-refractivity contribution in [3.05, 3.63) is 96.3 Å². The fourth-order valence-electron chi connectivity index (χ4n) is 4.88. The quantitative estimate of drug-likeness (QED) is 0.224. The van der Waals surface area contributed by atoms with Gasteiger partial charge in [-0.3, -0.25) is 14.6 Å². The van der Waals surface area contributed by atoms with Crippen molar-refractivity contribution < 1.29 is 28.5 Å². The van der Waals surface area contributed by atoms with Gasteiger partial charge in [-0.2, -0.15) is 0 Å². The van der Waals surface area contributed by atoms with Gasteiger partial charge in [0.15, 0.2) is 11.5 Å². The van der Waals surface area contributed by atoms with Crippen molar-refractivity contribution in [2.45, 2.75) is 19.1 Å². The highest BCUT2D eigenvalue weighted by molar-refractivity contribution is 5.98. The molecule has 0 bridgehead atoms. The van der Waals surface area contributed by atoms with Crippen molar-refractivity contribution in [2.24, 2.45) is 0 Å². The van der Waals surface area contributed by atoms with E-state index in [0.717, 1.165) is 5.56 Å². The van der Waals surface area contributed by atoms with E-state index in [1.54, 1.807) is 62.0 Å². The summed E-state index contributed by atoms with van der Waals surface area (Å²) in [5.41, 5.74) is 3.02. The molecule has 0 fully saturated rings. The number of para-hydroxylation sites is 1. The molecule has 2 heterocycles. The van der Waals surface area contributed by atoms with Crippen LogP contribution >= 0.6 is 0 Å². The maximum absolute atomic E-state index is 14.3. The van der Waals surface area contributed by atoms with Crippen molar-refractivity contribution in [2.75, 3.05) is 33.8 Å². The lowest BCUT2D eigenvalue weighted by molar-refractivity contribution is -0.140. The molecule has 12 nitrogen and oxygen atoms in total. The zero-order valence-corrected chi connectivity index (χ0v) is 24.8. The van der Waals surface area contributed by atoms with Crippen molar-refractivity contribution in [3.8, 4) is 23.0 Å². The van der Waals surface area contributed by atoms with Gasteiger partial charge in [0.1, 0.15) is 23.9 Å². The number of amides is 2. The first kappa shape index (κ1) is 29.8. The minimum absolute atomic E-state index is 0.0661. The Kier molecular flexibility index (Phi) is 9.19. The summed E-state index contributed by atoms with van der Waals surface area (Å²) in [6.45, 7) is -0.103. The minimum Gasteiger partial charge on any atom is -0.497 e. The maximum Gasteiger partial charge on any atom is 0.251 e. The zero-order valence-electron chi connectivity index (χ0n) is 24.8. The molecule has 2 aromatic heterocycles. The molecule has 5 aromatic rings. The largest absolute Gasteiger partial charge is 0.497 e. The molecule has 44 heavy (non-hydrogen) atoms. The fourth-order valence-corrected chi connectivity index (χ4v) is 4.88. The van der Waals surface area contributed by atoms with Crippen LogP contribution in [0.5, 0.6) is 23.0 Å². The van der Waals surface area contributed by atoms with E-state index < -0.39 is 11.9 Å². The second-order valence-electron chi connectivity index (χ2n) is 9.70. The number of rotatable bonds is 12. The Balaban J connectivity index is 1.62. The Morgan fingerprint density at radius 3 is 2.25 bits per heavy atom. The van der Waals surface area contributed by atoms with Crippen LogP contribution in [0.25, 0.3) is 11.0 Å². The Bertz CT molecular complexity index is 1720. The second-order valence-corrected chi connectivity index (χ2v) is 9.70. The van der Waals surface area contributed by atoms with Crippen LogP contribution in [0, 0.1) is 0 Å². The van der Waals surface area contributed by atoms with Gasteiger partial charge >= 0.3 is 0 Å². The number of benzene rings is 3. The van der Waals surface area contributed by atoms with E-state index in [-0.39, 0.29) is 19.0 Å². The summed E-state index contributed by atoms with van der Waals surface area (Å²) >= 11 is 0. The number of methoxy groups -OCH3 is 4. The highest BCUT2D eigenvalue weighted by Crippen LogP contribution is 2.41. The van der Waals surface area contributed by atoms with Crippen LogP contribution in [-0.4, -0.2) is 65.1 Å². The molecule has 0 radical (unpaired) electrons. The van der Waals surface area contributed by atoms with Crippen LogP contribution in [0.1, 0.15) is 17.2 Å². The molecule has 0 spiro atoms. The molecule has 12 heteroatoms. The van der Waals surface area contributed by atoms with Gasteiger partial charge < -0.3 is 29.2 Å². The predicted octanol–water partition coefficient (Wildman–Crippen LogP) is 4.27. The van der Waals surface area contributed by atoms with E-state index in [1.807, 2.05) is 30.3 Å². The smallest absolute Gasteiger partial charge is 0.251 e. The predicted molar refractivity (Wildman–Crippen MR) is 163 cm³/mol. The van der Waals surface area contributed by atoms with Crippen LogP contribution in [0.15, 0.2) is 85.2 Å². The summed E-state index contributed by atoms with van der Waals surface area (Å²) in [5.74, 6) is 0.809. The van der Waals surface area contributed by atoms with E-state index in [4.69, 9.17) is 18.9 Å².